The van der Waals surface area contributed by atoms with Gasteiger partial charge in [-0.3, -0.25) is 14.2 Å². The van der Waals surface area contributed by atoms with Gasteiger partial charge in [-0.25, -0.2) is 4.98 Å². The lowest BCUT2D eigenvalue weighted by Crippen LogP contribution is -2.25. The third kappa shape index (κ3) is 2.47. The van der Waals surface area contributed by atoms with Crippen molar-refractivity contribution in [1.82, 2.24) is 9.55 Å². The minimum atomic E-state index is -0.177. The number of aromatic nitrogens is 2. The Balaban J connectivity index is 2.25. The van der Waals surface area contributed by atoms with Gasteiger partial charge >= 0.3 is 0 Å². The first-order valence-corrected chi connectivity index (χ1v) is 5.28. The zero-order valence-electron chi connectivity index (χ0n) is 9.46. The Morgan fingerprint density at radius 3 is 2.71 bits per heavy atom. The summed E-state index contributed by atoms with van der Waals surface area (Å²) in [4.78, 5) is 27.5. The summed E-state index contributed by atoms with van der Waals surface area (Å²) in [6.45, 7) is 1.70. The number of carbonyl (C=O) groups excluding carboxylic acids is 1. The second kappa shape index (κ2) is 4.74. The fourth-order valence-corrected chi connectivity index (χ4v) is 1.54. The SMILES string of the molecule is Cc1cncn(CC(=O)c2ccccc2)c1=O. The predicted octanol–water partition coefficient (Wildman–Crippen LogP) is 1.43. The number of ketones is 1. The lowest BCUT2D eigenvalue weighted by Gasteiger charge is -2.04. The van der Waals surface area contributed by atoms with Crippen molar-refractivity contribution < 1.29 is 4.79 Å². The fourth-order valence-electron chi connectivity index (χ4n) is 1.54. The van der Waals surface area contributed by atoms with Crippen LogP contribution in [0.1, 0.15) is 15.9 Å². The van der Waals surface area contributed by atoms with Gasteiger partial charge in [0.25, 0.3) is 5.56 Å². The second-order valence-corrected chi connectivity index (χ2v) is 3.80. The molecule has 0 fully saturated rings. The van der Waals surface area contributed by atoms with Crippen LogP contribution >= 0.6 is 0 Å². The van der Waals surface area contributed by atoms with Crippen molar-refractivity contribution in [1.29, 1.82) is 0 Å². The number of nitrogens with zero attached hydrogens (tertiary/aromatic N) is 2. The van der Waals surface area contributed by atoms with Gasteiger partial charge in [0.1, 0.15) is 0 Å². The van der Waals surface area contributed by atoms with Crippen molar-refractivity contribution in [2.75, 3.05) is 0 Å². The Morgan fingerprint density at radius 2 is 2.00 bits per heavy atom. The van der Waals surface area contributed by atoms with Crippen LogP contribution in [0.2, 0.25) is 0 Å². The molecule has 86 valence electrons. The van der Waals surface area contributed by atoms with E-state index in [9.17, 15) is 9.59 Å². The second-order valence-electron chi connectivity index (χ2n) is 3.80. The maximum atomic E-state index is 11.9. The van der Waals surface area contributed by atoms with Crippen molar-refractivity contribution in [3.05, 3.63) is 64.3 Å². The van der Waals surface area contributed by atoms with Gasteiger partial charge in [0.05, 0.1) is 12.9 Å². The molecule has 0 atom stereocenters. The molecule has 0 radical (unpaired) electrons. The molecule has 4 nitrogen and oxygen atoms in total. The van der Waals surface area contributed by atoms with E-state index < -0.39 is 0 Å². The number of rotatable bonds is 3. The van der Waals surface area contributed by atoms with E-state index in [1.807, 2.05) is 6.07 Å². The molecule has 2 rings (SSSR count). The third-order valence-electron chi connectivity index (χ3n) is 2.48. The summed E-state index contributed by atoms with van der Waals surface area (Å²) in [6, 6.07) is 8.90. The number of hydrogen-bond donors (Lipinski definition) is 0. The average Bonchev–Trinajstić information content (AvgIpc) is 2.36. The highest BCUT2D eigenvalue weighted by molar-refractivity contribution is 5.95. The highest BCUT2D eigenvalue weighted by atomic mass is 16.1. The lowest BCUT2D eigenvalue weighted by molar-refractivity contribution is 0.0970. The normalized spacial score (nSPS) is 10.2. The quantitative estimate of drug-likeness (QED) is 0.747. The van der Waals surface area contributed by atoms with Gasteiger partial charge in [-0.15, -0.1) is 0 Å². The number of Topliss-reactive ketones (excluding diaryl/α,β-unsaturated/α-hetero) is 1. The summed E-state index contributed by atoms with van der Waals surface area (Å²) in [6.07, 6.45) is 2.88. The molecule has 2 aromatic rings. The monoisotopic (exact) mass is 228 g/mol. The molecule has 0 saturated heterocycles. The Bertz CT molecular complexity index is 588. The summed E-state index contributed by atoms with van der Waals surface area (Å²) in [5, 5.41) is 0. The number of carbonyl (C=O) groups is 1. The van der Waals surface area contributed by atoms with Crippen LogP contribution in [-0.4, -0.2) is 15.3 Å². The van der Waals surface area contributed by atoms with Crippen LogP contribution in [0.3, 0.4) is 0 Å². The zero-order chi connectivity index (χ0) is 12.3. The van der Waals surface area contributed by atoms with E-state index in [1.165, 1.54) is 17.1 Å². The van der Waals surface area contributed by atoms with Crippen molar-refractivity contribution in [3.8, 4) is 0 Å². The first-order valence-electron chi connectivity index (χ1n) is 5.28. The number of benzene rings is 1. The number of hydrogen-bond acceptors (Lipinski definition) is 3. The van der Waals surface area contributed by atoms with E-state index in [0.29, 0.717) is 11.1 Å². The van der Waals surface area contributed by atoms with Gasteiger partial charge in [0.15, 0.2) is 5.78 Å². The van der Waals surface area contributed by atoms with Crippen LogP contribution in [0.5, 0.6) is 0 Å². The maximum absolute atomic E-state index is 11.9. The van der Waals surface area contributed by atoms with Crippen LogP contribution in [0.4, 0.5) is 0 Å². The molecule has 0 aliphatic heterocycles. The molecular formula is C13H12N2O2. The van der Waals surface area contributed by atoms with E-state index in [-0.39, 0.29) is 17.9 Å². The molecule has 0 aliphatic rings. The maximum Gasteiger partial charge on any atom is 0.256 e. The summed E-state index contributed by atoms with van der Waals surface area (Å²) in [7, 11) is 0. The smallest absolute Gasteiger partial charge is 0.256 e. The van der Waals surface area contributed by atoms with Gasteiger partial charge in [-0.1, -0.05) is 30.3 Å². The van der Waals surface area contributed by atoms with E-state index >= 15 is 0 Å². The van der Waals surface area contributed by atoms with Crippen molar-refractivity contribution >= 4 is 5.78 Å². The predicted molar refractivity (Wildman–Crippen MR) is 64.0 cm³/mol. The lowest BCUT2D eigenvalue weighted by atomic mass is 10.1. The number of aryl methyl sites for hydroxylation is 1. The van der Waals surface area contributed by atoms with Gasteiger partial charge < -0.3 is 0 Å². The first kappa shape index (κ1) is 11.3. The van der Waals surface area contributed by atoms with E-state index in [0.717, 1.165) is 0 Å². The van der Waals surface area contributed by atoms with Gasteiger partial charge in [0, 0.05) is 17.3 Å². The Hall–Kier alpha value is -2.23. The standard InChI is InChI=1S/C13H12N2O2/c1-10-7-14-9-15(13(10)17)8-12(16)11-5-3-2-4-6-11/h2-7,9H,8H2,1H3. The summed E-state index contributed by atoms with van der Waals surface area (Å²) in [5.74, 6) is -0.0971. The van der Waals surface area contributed by atoms with Gasteiger partial charge in [-0.2, -0.15) is 0 Å². The van der Waals surface area contributed by atoms with Crippen LogP contribution < -0.4 is 5.56 Å². The summed E-state index contributed by atoms with van der Waals surface area (Å²) < 4.78 is 1.32. The van der Waals surface area contributed by atoms with Crippen LogP contribution in [0, 0.1) is 6.92 Å². The van der Waals surface area contributed by atoms with E-state index in [4.69, 9.17) is 0 Å². The molecule has 1 heterocycles. The molecule has 0 saturated carbocycles. The molecule has 1 aromatic carbocycles. The molecule has 4 heteroatoms. The third-order valence-corrected chi connectivity index (χ3v) is 2.48. The van der Waals surface area contributed by atoms with Crippen LogP contribution in [0.25, 0.3) is 0 Å². The molecule has 1 aromatic heterocycles. The summed E-state index contributed by atoms with van der Waals surface area (Å²) >= 11 is 0. The van der Waals surface area contributed by atoms with Crippen molar-refractivity contribution in [3.63, 3.8) is 0 Å². The Labute approximate surface area is 98.6 Å². The molecule has 0 aliphatic carbocycles. The molecule has 0 N–H and O–H groups in total. The van der Waals surface area contributed by atoms with Crippen molar-refractivity contribution in [2.45, 2.75) is 13.5 Å². The molecule has 0 amide bonds. The minimum Gasteiger partial charge on any atom is -0.292 e. The van der Waals surface area contributed by atoms with Crippen LogP contribution in [0.15, 0.2) is 47.7 Å². The Morgan fingerprint density at radius 1 is 1.29 bits per heavy atom. The van der Waals surface area contributed by atoms with Gasteiger partial charge in [-0.05, 0) is 6.92 Å². The highest BCUT2D eigenvalue weighted by Crippen LogP contribution is 2.01. The molecule has 0 unspecified atom stereocenters. The molecule has 0 spiro atoms. The van der Waals surface area contributed by atoms with Gasteiger partial charge in [0.2, 0.25) is 0 Å². The molecule has 0 bridgehead atoms. The Kier molecular flexibility index (Phi) is 3.14. The highest BCUT2D eigenvalue weighted by Gasteiger charge is 2.07. The minimum absolute atomic E-state index is 0.0253. The molecule has 17 heavy (non-hydrogen) atoms. The first-order chi connectivity index (χ1) is 8.18. The average molecular weight is 228 g/mol. The zero-order valence-corrected chi connectivity index (χ0v) is 9.46. The van der Waals surface area contributed by atoms with Crippen LogP contribution in [-0.2, 0) is 6.54 Å². The topological polar surface area (TPSA) is 52.0 Å². The van der Waals surface area contributed by atoms with Crippen molar-refractivity contribution in [2.24, 2.45) is 0 Å². The largest absolute Gasteiger partial charge is 0.292 e. The van der Waals surface area contributed by atoms with E-state index in [2.05, 4.69) is 4.98 Å². The molecular weight excluding hydrogens is 216 g/mol. The summed E-state index contributed by atoms with van der Waals surface area (Å²) in [5.41, 5.74) is 0.957. The fraction of sp³-hybridized carbons (Fsp3) is 0.154. The van der Waals surface area contributed by atoms with E-state index in [1.54, 1.807) is 31.2 Å².